The van der Waals surface area contributed by atoms with Crippen molar-refractivity contribution in [3.8, 4) is 0 Å². The molecular weight excluding hydrogens is 236 g/mol. The van der Waals surface area contributed by atoms with Crippen LogP contribution in [0.25, 0.3) is 0 Å². The van der Waals surface area contributed by atoms with E-state index in [2.05, 4.69) is 5.32 Å². The lowest BCUT2D eigenvalue weighted by Crippen LogP contribution is -2.50. The molecule has 2 rings (SSSR count). The van der Waals surface area contributed by atoms with Crippen LogP contribution in [0.3, 0.4) is 0 Å². The van der Waals surface area contributed by atoms with Gasteiger partial charge in [-0.05, 0) is 26.2 Å². The Morgan fingerprint density at radius 1 is 1.39 bits per heavy atom. The SMILES string of the molecule is CC1(C(=O)O)CCN(C(=O)[C@H]2CCC(=O)N2)CC1. The van der Waals surface area contributed by atoms with E-state index in [1.807, 2.05) is 0 Å². The maximum Gasteiger partial charge on any atom is 0.309 e. The second-order valence-corrected chi connectivity index (χ2v) is 5.35. The molecule has 0 bridgehead atoms. The summed E-state index contributed by atoms with van der Waals surface area (Å²) in [6.07, 6.45) is 1.88. The van der Waals surface area contributed by atoms with Crippen LogP contribution in [-0.4, -0.2) is 46.9 Å². The normalized spacial score (nSPS) is 26.8. The molecule has 0 spiro atoms. The van der Waals surface area contributed by atoms with E-state index in [1.54, 1.807) is 11.8 Å². The molecule has 1 atom stereocenters. The molecule has 2 heterocycles. The molecule has 0 aromatic carbocycles. The highest BCUT2D eigenvalue weighted by molar-refractivity contribution is 5.91. The minimum absolute atomic E-state index is 0.0757. The third-order valence-corrected chi connectivity index (χ3v) is 3.99. The van der Waals surface area contributed by atoms with Crippen LogP contribution < -0.4 is 5.32 Å². The number of hydrogen-bond acceptors (Lipinski definition) is 3. The van der Waals surface area contributed by atoms with Crippen molar-refractivity contribution in [1.29, 1.82) is 0 Å². The van der Waals surface area contributed by atoms with Crippen LogP contribution in [-0.2, 0) is 14.4 Å². The van der Waals surface area contributed by atoms with Crippen LogP contribution in [0.4, 0.5) is 0 Å². The number of carboxylic acids is 1. The van der Waals surface area contributed by atoms with Gasteiger partial charge in [-0.15, -0.1) is 0 Å². The summed E-state index contributed by atoms with van der Waals surface area (Å²) in [6, 6.07) is -0.410. The Morgan fingerprint density at radius 2 is 2.00 bits per heavy atom. The Kier molecular flexibility index (Phi) is 3.28. The van der Waals surface area contributed by atoms with E-state index in [0.29, 0.717) is 38.8 Å². The van der Waals surface area contributed by atoms with Crippen LogP contribution in [0.15, 0.2) is 0 Å². The molecule has 2 aliphatic heterocycles. The highest BCUT2D eigenvalue weighted by Gasteiger charge is 2.40. The van der Waals surface area contributed by atoms with Gasteiger partial charge in [0.2, 0.25) is 11.8 Å². The summed E-state index contributed by atoms with van der Waals surface area (Å²) in [5.74, 6) is -0.960. The molecule has 2 amide bonds. The van der Waals surface area contributed by atoms with Crippen molar-refractivity contribution in [2.75, 3.05) is 13.1 Å². The average molecular weight is 254 g/mol. The van der Waals surface area contributed by atoms with E-state index in [0.717, 1.165) is 0 Å². The summed E-state index contributed by atoms with van der Waals surface area (Å²) in [6.45, 7) is 2.62. The zero-order valence-corrected chi connectivity index (χ0v) is 10.4. The largest absolute Gasteiger partial charge is 0.481 e. The molecule has 100 valence electrons. The third-order valence-electron chi connectivity index (χ3n) is 3.99. The molecule has 2 saturated heterocycles. The summed E-state index contributed by atoms with van der Waals surface area (Å²) in [7, 11) is 0. The van der Waals surface area contributed by atoms with Crippen LogP contribution in [0.1, 0.15) is 32.6 Å². The summed E-state index contributed by atoms with van der Waals surface area (Å²) in [5.41, 5.74) is -0.726. The number of nitrogens with one attached hydrogen (secondary N) is 1. The first-order valence-electron chi connectivity index (χ1n) is 6.24. The monoisotopic (exact) mass is 254 g/mol. The van der Waals surface area contributed by atoms with Crippen molar-refractivity contribution >= 4 is 17.8 Å². The Bertz CT molecular complexity index is 386. The lowest BCUT2D eigenvalue weighted by atomic mass is 9.80. The lowest BCUT2D eigenvalue weighted by molar-refractivity contribution is -0.153. The topological polar surface area (TPSA) is 86.7 Å². The minimum Gasteiger partial charge on any atom is -0.481 e. The first-order valence-corrected chi connectivity index (χ1v) is 6.24. The highest BCUT2D eigenvalue weighted by atomic mass is 16.4. The number of carbonyl (C=O) groups excluding carboxylic acids is 2. The van der Waals surface area contributed by atoms with E-state index >= 15 is 0 Å². The fraction of sp³-hybridized carbons (Fsp3) is 0.750. The molecule has 18 heavy (non-hydrogen) atoms. The Hall–Kier alpha value is -1.59. The van der Waals surface area contributed by atoms with Crippen LogP contribution in [0.2, 0.25) is 0 Å². The van der Waals surface area contributed by atoms with Gasteiger partial charge in [0.1, 0.15) is 6.04 Å². The number of aliphatic carboxylic acids is 1. The predicted octanol–water partition coefficient (Wildman–Crippen LogP) is -0.0217. The quantitative estimate of drug-likeness (QED) is 0.725. The van der Waals surface area contributed by atoms with E-state index in [-0.39, 0.29) is 11.8 Å². The van der Waals surface area contributed by atoms with Crippen LogP contribution in [0, 0.1) is 5.41 Å². The van der Waals surface area contributed by atoms with Gasteiger partial charge >= 0.3 is 5.97 Å². The van der Waals surface area contributed by atoms with Gasteiger partial charge in [0.15, 0.2) is 0 Å². The first kappa shape index (κ1) is 12.9. The molecule has 6 nitrogen and oxygen atoms in total. The zero-order valence-electron chi connectivity index (χ0n) is 10.4. The number of piperidine rings is 1. The van der Waals surface area contributed by atoms with E-state index in [9.17, 15) is 14.4 Å². The van der Waals surface area contributed by atoms with Gasteiger partial charge in [-0.1, -0.05) is 0 Å². The van der Waals surface area contributed by atoms with Crippen molar-refractivity contribution < 1.29 is 19.5 Å². The molecule has 0 aromatic rings. The smallest absolute Gasteiger partial charge is 0.309 e. The number of likely N-dealkylation sites (tertiary alicyclic amines) is 1. The molecule has 6 heteroatoms. The predicted molar refractivity (Wildman–Crippen MR) is 62.7 cm³/mol. The van der Waals surface area contributed by atoms with Crippen LogP contribution in [0.5, 0.6) is 0 Å². The molecule has 2 fully saturated rings. The number of amides is 2. The maximum absolute atomic E-state index is 12.1. The zero-order chi connectivity index (χ0) is 13.3. The standard InChI is InChI=1S/C12H18N2O4/c1-12(11(17)18)4-6-14(7-5-12)10(16)8-2-3-9(15)13-8/h8H,2-7H2,1H3,(H,13,15)(H,17,18)/t8-/m1/s1. The van der Waals surface area contributed by atoms with Gasteiger partial charge in [-0.25, -0.2) is 0 Å². The Balaban J connectivity index is 1.92. The second-order valence-electron chi connectivity index (χ2n) is 5.35. The molecule has 0 aromatic heterocycles. The van der Waals surface area contributed by atoms with E-state index in [1.165, 1.54) is 0 Å². The van der Waals surface area contributed by atoms with Crippen molar-refractivity contribution in [3.05, 3.63) is 0 Å². The van der Waals surface area contributed by atoms with Crippen molar-refractivity contribution in [2.24, 2.45) is 5.41 Å². The van der Waals surface area contributed by atoms with Gasteiger partial charge in [-0.2, -0.15) is 0 Å². The van der Waals surface area contributed by atoms with E-state index in [4.69, 9.17) is 5.11 Å². The fourth-order valence-electron chi connectivity index (χ4n) is 2.45. The Morgan fingerprint density at radius 3 is 2.44 bits per heavy atom. The molecule has 2 aliphatic rings. The van der Waals surface area contributed by atoms with Crippen LogP contribution >= 0.6 is 0 Å². The number of rotatable bonds is 2. The maximum atomic E-state index is 12.1. The van der Waals surface area contributed by atoms with Gasteiger partial charge in [-0.3, -0.25) is 14.4 Å². The number of carboxylic acid groups (broad SMARTS) is 1. The van der Waals surface area contributed by atoms with Gasteiger partial charge < -0.3 is 15.3 Å². The van der Waals surface area contributed by atoms with Gasteiger partial charge in [0.25, 0.3) is 0 Å². The molecule has 2 N–H and O–H groups in total. The van der Waals surface area contributed by atoms with Crippen molar-refractivity contribution in [1.82, 2.24) is 10.2 Å². The third kappa shape index (κ3) is 2.32. The number of nitrogens with zero attached hydrogens (tertiary/aromatic N) is 1. The first-order chi connectivity index (χ1) is 8.42. The summed E-state index contributed by atoms with van der Waals surface area (Å²) in [4.78, 5) is 35.9. The van der Waals surface area contributed by atoms with Gasteiger partial charge in [0, 0.05) is 19.5 Å². The molecule has 0 saturated carbocycles. The highest BCUT2D eigenvalue weighted by Crippen LogP contribution is 2.31. The summed E-state index contributed by atoms with van der Waals surface area (Å²) >= 11 is 0. The van der Waals surface area contributed by atoms with Crippen molar-refractivity contribution in [3.63, 3.8) is 0 Å². The molecule has 0 unspecified atom stereocenters. The summed E-state index contributed by atoms with van der Waals surface area (Å²) < 4.78 is 0. The molecule has 0 aliphatic carbocycles. The molecular formula is C12H18N2O4. The summed E-state index contributed by atoms with van der Waals surface area (Å²) in [5, 5.41) is 11.8. The molecule has 0 radical (unpaired) electrons. The number of carbonyl (C=O) groups is 3. The fourth-order valence-corrected chi connectivity index (χ4v) is 2.45. The lowest BCUT2D eigenvalue weighted by Gasteiger charge is -2.37. The number of hydrogen-bond donors (Lipinski definition) is 2. The Labute approximate surface area is 105 Å². The second kappa shape index (κ2) is 4.59. The minimum atomic E-state index is -0.802. The van der Waals surface area contributed by atoms with Crippen molar-refractivity contribution in [2.45, 2.75) is 38.6 Å². The average Bonchev–Trinajstić information content (AvgIpc) is 2.76. The van der Waals surface area contributed by atoms with Gasteiger partial charge in [0.05, 0.1) is 5.41 Å². The van der Waals surface area contributed by atoms with E-state index < -0.39 is 17.4 Å².